The van der Waals surface area contributed by atoms with Crippen LogP contribution in [0.5, 0.6) is 5.88 Å². The fourth-order valence-corrected chi connectivity index (χ4v) is 2.84. The lowest BCUT2D eigenvalue weighted by Gasteiger charge is -2.06. The number of fused-ring (bicyclic) bond motifs is 2. The first-order valence-corrected chi connectivity index (χ1v) is 6.62. The molecule has 0 unspecified atom stereocenters. The third-order valence-electron chi connectivity index (χ3n) is 3.75. The quantitative estimate of drug-likeness (QED) is 0.511. The molecule has 0 aliphatic rings. The Kier molecular flexibility index (Phi) is 2.30. The Hall–Kier alpha value is -2.74. The predicted molar refractivity (Wildman–Crippen MR) is 82.9 cm³/mol. The van der Waals surface area contributed by atoms with Gasteiger partial charge >= 0.3 is 0 Å². The van der Waals surface area contributed by atoms with Gasteiger partial charge in [0.25, 0.3) is 0 Å². The molecule has 0 atom stereocenters. The SMILES string of the molecule is Oc1[nH]c2ccccc2c1-c1cccc2ccccc12. The topological polar surface area (TPSA) is 36.0 Å². The van der Waals surface area contributed by atoms with Gasteiger partial charge in [-0.25, -0.2) is 0 Å². The number of aromatic amines is 1. The highest BCUT2D eigenvalue weighted by Gasteiger charge is 2.14. The van der Waals surface area contributed by atoms with Gasteiger partial charge in [-0.15, -0.1) is 0 Å². The lowest BCUT2D eigenvalue weighted by atomic mass is 9.97. The lowest BCUT2D eigenvalue weighted by Crippen LogP contribution is -1.80. The number of para-hydroxylation sites is 1. The van der Waals surface area contributed by atoms with E-state index in [9.17, 15) is 5.11 Å². The Balaban J connectivity index is 2.14. The average Bonchev–Trinajstić information content (AvgIpc) is 2.82. The molecule has 4 aromatic rings. The second-order valence-corrected chi connectivity index (χ2v) is 4.92. The normalized spacial score (nSPS) is 11.2. The number of aromatic nitrogens is 1. The lowest BCUT2D eigenvalue weighted by molar-refractivity contribution is 0.460. The van der Waals surface area contributed by atoms with Gasteiger partial charge in [-0.3, -0.25) is 0 Å². The Labute approximate surface area is 116 Å². The van der Waals surface area contributed by atoms with E-state index in [-0.39, 0.29) is 5.88 Å². The highest BCUT2D eigenvalue weighted by Crippen LogP contribution is 2.39. The average molecular weight is 259 g/mol. The maximum atomic E-state index is 10.3. The van der Waals surface area contributed by atoms with Crippen LogP contribution in [0, 0.1) is 0 Å². The molecule has 96 valence electrons. The summed E-state index contributed by atoms with van der Waals surface area (Å²) in [5.41, 5.74) is 2.88. The van der Waals surface area contributed by atoms with Gasteiger partial charge in [0.2, 0.25) is 0 Å². The van der Waals surface area contributed by atoms with Gasteiger partial charge in [0.1, 0.15) is 0 Å². The van der Waals surface area contributed by atoms with Crippen molar-refractivity contribution < 1.29 is 5.11 Å². The van der Waals surface area contributed by atoms with E-state index in [1.54, 1.807) is 0 Å². The molecule has 4 rings (SSSR count). The number of H-pyrrole nitrogens is 1. The van der Waals surface area contributed by atoms with Crippen molar-refractivity contribution in [2.75, 3.05) is 0 Å². The zero-order valence-corrected chi connectivity index (χ0v) is 10.8. The Morgan fingerprint density at radius 1 is 0.700 bits per heavy atom. The molecule has 3 aromatic carbocycles. The molecule has 1 heterocycles. The highest BCUT2D eigenvalue weighted by atomic mass is 16.3. The number of aromatic hydroxyl groups is 1. The van der Waals surface area contributed by atoms with E-state index in [1.807, 2.05) is 42.5 Å². The van der Waals surface area contributed by atoms with Crippen molar-refractivity contribution in [3.8, 4) is 17.0 Å². The van der Waals surface area contributed by atoms with Crippen LogP contribution in [0.15, 0.2) is 66.7 Å². The van der Waals surface area contributed by atoms with Crippen LogP contribution in [0.1, 0.15) is 0 Å². The Bertz CT molecular complexity index is 916. The van der Waals surface area contributed by atoms with Gasteiger partial charge in [0.05, 0.1) is 5.56 Å². The molecular weight excluding hydrogens is 246 g/mol. The fraction of sp³-hybridized carbons (Fsp3) is 0. The summed E-state index contributed by atoms with van der Waals surface area (Å²) in [6.07, 6.45) is 0. The third-order valence-corrected chi connectivity index (χ3v) is 3.75. The summed E-state index contributed by atoms with van der Waals surface area (Å²) in [5.74, 6) is 0.225. The van der Waals surface area contributed by atoms with Gasteiger partial charge in [-0.05, 0) is 22.4 Å². The first-order valence-electron chi connectivity index (χ1n) is 6.62. The van der Waals surface area contributed by atoms with Crippen LogP contribution >= 0.6 is 0 Å². The summed E-state index contributed by atoms with van der Waals surface area (Å²) in [4.78, 5) is 3.05. The smallest absolute Gasteiger partial charge is 0.197 e. The summed E-state index contributed by atoms with van der Waals surface area (Å²) < 4.78 is 0. The molecule has 2 N–H and O–H groups in total. The first kappa shape index (κ1) is 11.1. The molecule has 0 aliphatic carbocycles. The van der Waals surface area contributed by atoms with Crippen molar-refractivity contribution in [3.63, 3.8) is 0 Å². The zero-order valence-electron chi connectivity index (χ0n) is 10.8. The summed E-state index contributed by atoms with van der Waals surface area (Å²) in [7, 11) is 0. The standard InChI is InChI=1S/C18H13NO/c20-18-17(15-9-3-4-11-16(15)19-18)14-10-5-7-12-6-1-2-8-13(12)14/h1-11,19-20H. The van der Waals surface area contributed by atoms with E-state index in [2.05, 4.69) is 29.2 Å². The highest BCUT2D eigenvalue weighted by molar-refractivity contribution is 6.07. The largest absolute Gasteiger partial charge is 0.494 e. The number of benzene rings is 3. The molecule has 0 radical (unpaired) electrons. The fourth-order valence-electron chi connectivity index (χ4n) is 2.84. The van der Waals surface area contributed by atoms with E-state index >= 15 is 0 Å². The number of hydrogen-bond acceptors (Lipinski definition) is 1. The summed E-state index contributed by atoms with van der Waals surface area (Å²) >= 11 is 0. The molecule has 0 aliphatic heterocycles. The maximum absolute atomic E-state index is 10.3. The number of hydrogen-bond donors (Lipinski definition) is 2. The Morgan fingerprint density at radius 2 is 1.40 bits per heavy atom. The van der Waals surface area contributed by atoms with Crippen molar-refractivity contribution in [2.45, 2.75) is 0 Å². The molecule has 0 saturated heterocycles. The Morgan fingerprint density at radius 3 is 2.30 bits per heavy atom. The van der Waals surface area contributed by atoms with E-state index in [0.29, 0.717) is 0 Å². The summed E-state index contributed by atoms with van der Waals surface area (Å²) in [5, 5.41) is 13.7. The minimum absolute atomic E-state index is 0.225. The van der Waals surface area contributed by atoms with Crippen LogP contribution < -0.4 is 0 Å². The van der Waals surface area contributed by atoms with Gasteiger partial charge in [-0.1, -0.05) is 60.7 Å². The minimum Gasteiger partial charge on any atom is -0.494 e. The van der Waals surface area contributed by atoms with Crippen molar-refractivity contribution in [2.24, 2.45) is 0 Å². The van der Waals surface area contributed by atoms with Gasteiger partial charge in [-0.2, -0.15) is 0 Å². The van der Waals surface area contributed by atoms with Crippen LogP contribution in [-0.4, -0.2) is 10.1 Å². The maximum Gasteiger partial charge on any atom is 0.197 e. The van der Waals surface area contributed by atoms with Crippen LogP contribution in [0.25, 0.3) is 32.8 Å². The summed E-state index contributed by atoms with van der Waals surface area (Å²) in [6.45, 7) is 0. The van der Waals surface area contributed by atoms with E-state index < -0.39 is 0 Å². The molecule has 0 bridgehead atoms. The molecule has 2 nitrogen and oxygen atoms in total. The molecule has 0 saturated carbocycles. The number of nitrogens with one attached hydrogen (secondary N) is 1. The number of rotatable bonds is 1. The summed E-state index contributed by atoms with van der Waals surface area (Å²) in [6, 6.07) is 22.4. The molecule has 2 heteroatoms. The molecular formula is C18H13NO. The van der Waals surface area contributed by atoms with E-state index in [4.69, 9.17) is 0 Å². The second kappa shape index (κ2) is 4.14. The van der Waals surface area contributed by atoms with Crippen molar-refractivity contribution >= 4 is 21.7 Å². The van der Waals surface area contributed by atoms with Crippen LogP contribution in [-0.2, 0) is 0 Å². The van der Waals surface area contributed by atoms with Crippen molar-refractivity contribution in [3.05, 3.63) is 66.7 Å². The zero-order chi connectivity index (χ0) is 13.5. The second-order valence-electron chi connectivity index (χ2n) is 4.92. The first-order chi connectivity index (χ1) is 9.84. The van der Waals surface area contributed by atoms with Crippen LogP contribution in [0.2, 0.25) is 0 Å². The molecule has 0 amide bonds. The monoisotopic (exact) mass is 259 g/mol. The third kappa shape index (κ3) is 1.51. The molecule has 0 spiro atoms. The molecule has 0 fully saturated rings. The van der Waals surface area contributed by atoms with Crippen LogP contribution in [0.4, 0.5) is 0 Å². The van der Waals surface area contributed by atoms with E-state index in [1.165, 1.54) is 5.39 Å². The van der Waals surface area contributed by atoms with Crippen molar-refractivity contribution in [1.29, 1.82) is 0 Å². The predicted octanol–water partition coefficient (Wildman–Crippen LogP) is 4.69. The van der Waals surface area contributed by atoms with Gasteiger partial charge in [0.15, 0.2) is 5.88 Å². The minimum atomic E-state index is 0.225. The molecule has 1 aromatic heterocycles. The van der Waals surface area contributed by atoms with Crippen LogP contribution in [0.3, 0.4) is 0 Å². The van der Waals surface area contributed by atoms with E-state index in [0.717, 1.165) is 27.4 Å². The van der Waals surface area contributed by atoms with Gasteiger partial charge in [0, 0.05) is 10.9 Å². The van der Waals surface area contributed by atoms with Crippen molar-refractivity contribution in [1.82, 2.24) is 4.98 Å². The molecule has 20 heavy (non-hydrogen) atoms. The van der Waals surface area contributed by atoms with Gasteiger partial charge < -0.3 is 10.1 Å².